The maximum atomic E-state index is 12.7. The lowest BCUT2D eigenvalue weighted by molar-refractivity contribution is 0.0499. The number of hydrogen-bond acceptors (Lipinski definition) is 6. The smallest absolute Gasteiger partial charge is 0.338 e. The molecule has 150 valence electrons. The molecular formula is C20H23NO6S. The summed E-state index contributed by atoms with van der Waals surface area (Å²) in [6.45, 7) is 3.97. The quantitative estimate of drug-likeness (QED) is 0.533. The van der Waals surface area contributed by atoms with Crippen LogP contribution in [0.2, 0.25) is 0 Å². The minimum absolute atomic E-state index is 0.0292. The van der Waals surface area contributed by atoms with E-state index in [-0.39, 0.29) is 16.1 Å². The third-order valence-corrected chi connectivity index (χ3v) is 5.53. The van der Waals surface area contributed by atoms with Gasteiger partial charge in [-0.1, -0.05) is 19.4 Å². The molecule has 28 heavy (non-hydrogen) atoms. The molecule has 0 unspecified atom stereocenters. The second kappa shape index (κ2) is 9.36. The van der Waals surface area contributed by atoms with Crippen molar-refractivity contribution in [2.75, 3.05) is 18.4 Å². The number of carbonyl (C=O) groups is 2. The number of unbranched alkanes of at least 4 members (excludes halogenated alkanes) is 1. The fourth-order valence-electron chi connectivity index (χ4n) is 2.41. The number of methoxy groups -OCH3 is 1. The monoisotopic (exact) mass is 405 g/mol. The molecule has 8 heteroatoms. The minimum atomic E-state index is -3.93. The molecular weight excluding hydrogens is 382 g/mol. The van der Waals surface area contributed by atoms with Crippen LogP contribution in [0.25, 0.3) is 0 Å². The normalized spacial score (nSPS) is 11.0. The first-order valence-electron chi connectivity index (χ1n) is 8.77. The second-order valence-electron chi connectivity index (χ2n) is 6.14. The molecule has 0 heterocycles. The highest BCUT2D eigenvalue weighted by Crippen LogP contribution is 2.22. The van der Waals surface area contributed by atoms with E-state index in [0.717, 1.165) is 12.8 Å². The fraction of sp³-hybridized carbons (Fsp3) is 0.300. The van der Waals surface area contributed by atoms with Crippen molar-refractivity contribution in [3.05, 3.63) is 59.2 Å². The number of aryl methyl sites for hydroxylation is 1. The van der Waals surface area contributed by atoms with E-state index in [1.54, 1.807) is 6.92 Å². The fourth-order valence-corrected chi connectivity index (χ4v) is 3.74. The summed E-state index contributed by atoms with van der Waals surface area (Å²) in [7, 11) is -2.71. The molecule has 0 bridgehead atoms. The summed E-state index contributed by atoms with van der Waals surface area (Å²) in [5, 5.41) is 0. The standard InChI is InChI=1S/C20H23NO6S/c1-4-5-12-27-20(23)15-8-10-17(11-9-15)21-28(24,25)18-13-16(19(22)26-3)7-6-14(18)2/h6-11,13,21H,4-5,12H2,1-3H3. The molecule has 2 aromatic carbocycles. The van der Waals surface area contributed by atoms with Gasteiger partial charge in [-0.05, 0) is 55.3 Å². The molecule has 2 rings (SSSR count). The van der Waals surface area contributed by atoms with Crippen molar-refractivity contribution < 1.29 is 27.5 Å². The van der Waals surface area contributed by atoms with Gasteiger partial charge < -0.3 is 9.47 Å². The molecule has 0 radical (unpaired) electrons. The molecule has 1 N–H and O–H groups in total. The number of ether oxygens (including phenoxy) is 2. The molecule has 2 aromatic rings. The van der Waals surface area contributed by atoms with E-state index in [0.29, 0.717) is 17.7 Å². The van der Waals surface area contributed by atoms with Crippen LogP contribution in [0, 0.1) is 6.92 Å². The van der Waals surface area contributed by atoms with Crippen molar-refractivity contribution >= 4 is 27.6 Å². The summed E-state index contributed by atoms with van der Waals surface area (Å²) in [6.07, 6.45) is 1.71. The molecule has 0 aromatic heterocycles. The summed E-state index contributed by atoms with van der Waals surface area (Å²) in [6, 6.07) is 10.2. The summed E-state index contributed by atoms with van der Waals surface area (Å²) in [5.41, 5.74) is 1.24. The van der Waals surface area contributed by atoms with Gasteiger partial charge in [-0.2, -0.15) is 0 Å². The number of benzene rings is 2. The van der Waals surface area contributed by atoms with Crippen molar-refractivity contribution in [2.24, 2.45) is 0 Å². The Morgan fingerprint density at radius 3 is 2.25 bits per heavy atom. The highest BCUT2D eigenvalue weighted by molar-refractivity contribution is 7.92. The van der Waals surface area contributed by atoms with Crippen molar-refractivity contribution in [3.8, 4) is 0 Å². The lowest BCUT2D eigenvalue weighted by atomic mass is 10.1. The predicted molar refractivity (Wildman–Crippen MR) is 105 cm³/mol. The van der Waals surface area contributed by atoms with E-state index < -0.39 is 22.0 Å². The molecule has 0 atom stereocenters. The maximum Gasteiger partial charge on any atom is 0.338 e. The zero-order valence-electron chi connectivity index (χ0n) is 16.0. The molecule has 0 saturated carbocycles. The Morgan fingerprint density at radius 1 is 1.00 bits per heavy atom. The summed E-state index contributed by atoms with van der Waals surface area (Å²) < 4.78 is 37.6. The summed E-state index contributed by atoms with van der Waals surface area (Å²) in [4.78, 5) is 23.6. The third kappa shape index (κ3) is 5.32. The number of anilines is 1. The number of rotatable bonds is 8. The molecule has 0 fully saturated rings. The van der Waals surface area contributed by atoms with Crippen LogP contribution in [-0.4, -0.2) is 34.1 Å². The average molecular weight is 405 g/mol. The predicted octanol–water partition coefficient (Wildman–Crippen LogP) is 3.54. The number of esters is 2. The third-order valence-electron chi connectivity index (χ3n) is 4.00. The van der Waals surface area contributed by atoms with Crippen LogP contribution in [-0.2, 0) is 19.5 Å². The molecule has 7 nitrogen and oxygen atoms in total. The lowest BCUT2D eigenvalue weighted by Crippen LogP contribution is -2.15. The van der Waals surface area contributed by atoms with E-state index in [1.807, 2.05) is 6.92 Å². The topological polar surface area (TPSA) is 98.8 Å². The zero-order valence-corrected chi connectivity index (χ0v) is 16.8. The van der Waals surface area contributed by atoms with Crippen LogP contribution in [0.5, 0.6) is 0 Å². The van der Waals surface area contributed by atoms with Gasteiger partial charge in [0.25, 0.3) is 10.0 Å². The molecule has 0 amide bonds. The van der Waals surface area contributed by atoms with Crippen LogP contribution >= 0.6 is 0 Å². The van der Waals surface area contributed by atoms with Crippen LogP contribution in [0.4, 0.5) is 5.69 Å². The van der Waals surface area contributed by atoms with Gasteiger partial charge in [0.05, 0.1) is 29.7 Å². The van der Waals surface area contributed by atoms with E-state index >= 15 is 0 Å². The molecule has 0 aliphatic heterocycles. The first-order chi connectivity index (χ1) is 13.3. The summed E-state index contributed by atoms with van der Waals surface area (Å²) in [5.74, 6) is -1.08. The molecule has 0 aliphatic rings. The Balaban J connectivity index is 2.18. The van der Waals surface area contributed by atoms with Crippen molar-refractivity contribution in [1.82, 2.24) is 0 Å². The number of hydrogen-bond donors (Lipinski definition) is 1. The van der Waals surface area contributed by atoms with Crippen LogP contribution in [0.15, 0.2) is 47.4 Å². The van der Waals surface area contributed by atoms with Crippen LogP contribution in [0.3, 0.4) is 0 Å². The molecule has 0 saturated heterocycles. The highest BCUT2D eigenvalue weighted by Gasteiger charge is 2.20. The van der Waals surface area contributed by atoms with E-state index in [9.17, 15) is 18.0 Å². The van der Waals surface area contributed by atoms with Crippen LogP contribution in [0.1, 0.15) is 46.0 Å². The van der Waals surface area contributed by atoms with Gasteiger partial charge in [-0.3, -0.25) is 4.72 Å². The number of carbonyl (C=O) groups excluding carboxylic acids is 2. The Kier molecular flexibility index (Phi) is 7.17. The van der Waals surface area contributed by atoms with Crippen molar-refractivity contribution in [2.45, 2.75) is 31.6 Å². The van der Waals surface area contributed by atoms with E-state index in [2.05, 4.69) is 9.46 Å². The van der Waals surface area contributed by atoms with Gasteiger partial charge in [0.2, 0.25) is 0 Å². The Morgan fingerprint density at radius 2 is 1.64 bits per heavy atom. The van der Waals surface area contributed by atoms with E-state index in [4.69, 9.17) is 4.74 Å². The first-order valence-corrected chi connectivity index (χ1v) is 10.3. The number of nitrogens with one attached hydrogen (secondary N) is 1. The van der Waals surface area contributed by atoms with Gasteiger partial charge in [0, 0.05) is 5.69 Å². The molecule has 0 aliphatic carbocycles. The number of sulfonamides is 1. The molecule has 0 spiro atoms. The maximum absolute atomic E-state index is 12.7. The highest BCUT2D eigenvalue weighted by atomic mass is 32.2. The van der Waals surface area contributed by atoms with Gasteiger partial charge in [0.15, 0.2) is 0 Å². The Bertz CT molecular complexity index is 951. The van der Waals surface area contributed by atoms with Gasteiger partial charge in [-0.15, -0.1) is 0 Å². The Labute approximate surface area is 164 Å². The second-order valence-corrected chi connectivity index (χ2v) is 7.80. The van der Waals surface area contributed by atoms with Gasteiger partial charge >= 0.3 is 11.9 Å². The first kappa shape index (κ1) is 21.4. The van der Waals surface area contributed by atoms with Crippen molar-refractivity contribution in [3.63, 3.8) is 0 Å². The van der Waals surface area contributed by atoms with Gasteiger partial charge in [0.1, 0.15) is 0 Å². The lowest BCUT2D eigenvalue weighted by Gasteiger charge is -2.12. The van der Waals surface area contributed by atoms with Crippen molar-refractivity contribution in [1.29, 1.82) is 0 Å². The van der Waals surface area contributed by atoms with E-state index in [1.165, 1.54) is 49.6 Å². The average Bonchev–Trinajstić information content (AvgIpc) is 2.68. The largest absolute Gasteiger partial charge is 0.465 e. The minimum Gasteiger partial charge on any atom is -0.465 e. The summed E-state index contributed by atoms with van der Waals surface area (Å²) >= 11 is 0. The SMILES string of the molecule is CCCCOC(=O)c1ccc(NS(=O)(=O)c2cc(C(=O)OC)ccc2C)cc1. The zero-order chi connectivity index (χ0) is 20.7. The van der Waals surface area contributed by atoms with Gasteiger partial charge in [-0.25, -0.2) is 18.0 Å². The van der Waals surface area contributed by atoms with Crippen LogP contribution < -0.4 is 4.72 Å². The Hall–Kier alpha value is -2.87.